The Balaban J connectivity index is 1.56. The first-order valence-corrected chi connectivity index (χ1v) is 8.13. The van der Waals surface area contributed by atoms with Crippen molar-refractivity contribution in [3.8, 4) is 5.75 Å². The van der Waals surface area contributed by atoms with E-state index in [4.69, 9.17) is 9.47 Å². The number of rotatable bonds is 5. The predicted molar refractivity (Wildman–Crippen MR) is 92.4 cm³/mol. The van der Waals surface area contributed by atoms with Gasteiger partial charge in [-0.05, 0) is 31.2 Å². The molecule has 0 aliphatic carbocycles. The molecule has 0 bridgehead atoms. The summed E-state index contributed by atoms with van der Waals surface area (Å²) in [7, 11) is 0. The molecule has 2 heterocycles. The number of nitrogens with one attached hydrogen (secondary N) is 1. The molecule has 0 saturated carbocycles. The summed E-state index contributed by atoms with van der Waals surface area (Å²) in [5.74, 6) is -0.0173. The molecule has 1 amide bonds. The van der Waals surface area contributed by atoms with Crippen LogP contribution in [0.5, 0.6) is 5.75 Å². The monoisotopic (exact) mass is 345 g/mol. The third kappa shape index (κ3) is 4.67. The van der Waals surface area contributed by atoms with Crippen LogP contribution in [0.2, 0.25) is 0 Å². The summed E-state index contributed by atoms with van der Waals surface area (Å²) in [5, 5.41) is 2.69. The SMILES string of the molecule is C[C@@H](Oc1cccc(F)c1)C(=O)Nc1ccc(N2CCOCC2)cn1. The zero-order valence-corrected chi connectivity index (χ0v) is 13.9. The highest BCUT2D eigenvalue weighted by molar-refractivity contribution is 5.93. The van der Waals surface area contributed by atoms with Crippen LogP contribution in [0, 0.1) is 5.82 Å². The van der Waals surface area contributed by atoms with E-state index in [1.54, 1.807) is 25.3 Å². The second-order valence-corrected chi connectivity index (χ2v) is 5.71. The summed E-state index contributed by atoms with van der Waals surface area (Å²) in [6.07, 6.45) is 0.946. The second kappa shape index (κ2) is 7.94. The van der Waals surface area contributed by atoms with E-state index in [1.807, 2.05) is 6.07 Å². The van der Waals surface area contributed by atoms with Crippen molar-refractivity contribution >= 4 is 17.4 Å². The van der Waals surface area contributed by atoms with Gasteiger partial charge in [-0.3, -0.25) is 4.79 Å². The van der Waals surface area contributed by atoms with Gasteiger partial charge >= 0.3 is 0 Å². The molecule has 1 aromatic heterocycles. The third-order valence-corrected chi connectivity index (χ3v) is 3.85. The molecular formula is C18H20FN3O3. The number of morpholine rings is 1. The van der Waals surface area contributed by atoms with E-state index in [0.717, 1.165) is 18.8 Å². The number of pyridine rings is 1. The smallest absolute Gasteiger partial charge is 0.266 e. The first-order chi connectivity index (χ1) is 12.1. The fourth-order valence-electron chi connectivity index (χ4n) is 2.49. The molecule has 132 valence electrons. The minimum Gasteiger partial charge on any atom is -0.481 e. The highest BCUT2D eigenvalue weighted by Crippen LogP contribution is 2.17. The molecule has 1 fully saturated rings. The van der Waals surface area contributed by atoms with E-state index in [0.29, 0.717) is 24.8 Å². The zero-order chi connectivity index (χ0) is 17.6. The largest absolute Gasteiger partial charge is 0.481 e. The number of nitrogens with zero attached hydrogens (tertiary/aromatic N) is 2. The van der Waals surface area contributed by atoms with Crippen LogP contribution in [0.25, 0.3) is 0 Å². The fourth-order valence-corrected chi connectivity index (χ4v) is 2.49. The molecule has 7 heteroatoms. The molecule has 6 nitrogen and oxygen atoms in total. The zero-order valence-electron chi connectivity index (χ0n) is 13.9. The van der Waals surface area contributed by atoms with Crippen LogP contribution in [0.1, 0.15) is 6.92 Å². The van der Waals surface area contributed by atoms with Crippen LogP contribution in [-0.2, 0) is 9.53 Å². The van der Waals surface area contributed by atoms with Crippen molar-refractivity contribution in [2.45, 2.75) is 13.0 Å². The van der Waals surface area contributed by atoms with Crippen LogP contribution in [0.3, 0.4) is 0 Å². The summed E-state index contributed by atoms with van der Waals surface area (Å²) >= 11 is 0. The number of halogens is 1. The van der Waals surface area contributed by atoms with Crippen molar-refractivity contribution in [1.82, 2.24) is 4.98 Å². The van der Waals surface area contributed by atoms with Crippen LogP contribution in [0.15, 0.2) is 42.6 Å². The maximum atomic E-state index is 13.2. The number of hydrogen-bond donors (Lipinski definition) is 1. The van der Waals surface area contributed by atoms with Crippen LogP contribution in [-0.4, -0.2) is 43.3 Å². The van der Waals surface area contributed by atoms with Crippen molar-refractivity contribution in [3.63, 3.8) is 0 Å². The van der Waals surface area contributed by atoms with Gasteiger partial charge in [0.1, 0.15) is 17.4 Å². The van der Waals surface area contributed by atoms with E-state index in [1.165, 1.54) is 18.2 Å². The average molecular weight is 345 g/mol. The van der Waals surface area contributed by atoms with Gasteiger partial charge in [0.15, 0.2) is 6.10 Å². The maximum Gasteiger partial charge on any atom is 0.266 e. The van der Waals surface area contributed by atoms with Crippen molar-refractivity contribution < 1.29 is 18.7 Å². The summed E-state index contributed by atoms with van der Waals surface area (Å²) in [4.78, 5) is 18.6. The third-order valence-electron chi connectivity index (χ3n) is 3.85. The Morgan fingerprint density at radius 2 is 2.12 bits per heavy atom. The first kappa shape index (κ1) is 17.2. The minimum absolute atomic E-state index is 0.304. The van der Waals surface area contributed by atoms with Crippen LogP contribution in [0.4, 0.5) is 15.9 Å². The number of anilines is 2. The van der Waals surface area contributed by atoms with Gasteiger partial charge in [0, 0.05) is 19.2 Å². The summed E-state index contributed by atoms with van der Waals surface area (Å²) < 4.78 is 23.9. The van der Waals surface area contributed by atoms with Crippen molar-refractivity contribution in [2.24, 2.45) is 0 Å². The molecule has 1 aromatic carbocycles. The first-order valence-electron chi connectivity index (χ1n) is 8.13. The standard InChI is InChI=1S/C18H20FN3O3/c1-13(25-16-4-2-3-14(19)11-16)18(23)21-17-6-5-15(12-20-17)22-7-9-24-10-8-22/h2-6,11-13H,7-10H2,1H3,(H,20,21,23)/t13-/m1/s1. The molecular weight excluding hydrogens is 325 g/mol. The number of carbonyl (C=O) groups is 1. The molecule has 0 unspecified atom stereocenters. The van der Waals surface area contributed by atoms with Crippen LogP contribution >= 0.6 is 0 Å². The van der Waals surface area contributed by atoms with Gasteiger partial charge in [-0.15, -0.1) is 0 Å². The van der Waals surface area contributed by atoms with Gasteiger partial charge < -0.3 is 19.7 Å². The molecule has 2 aromatic rings. The molecule has 1 saturated heterocycles. The van der Waals surface area contributed by atoms with Gasteiger partial charge in [0.05, 0.1) is 25.1 Å². The Kier molecular flexibility index (Phi) is 5.45. The maximum absolute atomic E-state index is 13.2. The Labute approximate surface area is 145 Å². The van der Waals surface area contributed by atoms with Gasteiger partial charge in [0.25, 0.3) is 5.91 Å². The summed E-state index contributed by atoms with van der Waals surface area (Å²) in [5.41, 5.74) is 0.991. The Morgan fingerprint density at radius 3 is 2.80 bits per heavy atom. The van der Waals surface area contributed by atoms with Crippen molar-refractivity contribution in [1.29, 1.82) is 0 Å². The van der Waals surface area contributed by atoms with E-state index in [2.05, 4.69) is 15.2 Å². The number of aromatic nitrogens is 1. The number of ether oxygens (including phenoxy) is 2. The normalized spacial score (nSPS) is 15.5. The van der Waals surface area contributed by atoms with E-state index >= 15 is 0 Å². The molecule has 0 radical (unpaired) electrons. The van der Waals surface area contributed by atoms with E-state index < -0.39 is 11.9 Å². The summed E-state index contributed by atoms with van der Waals surface area (Å²) in [6.45, 7) is 4.65. The molecule has 1 atom stereocenters. The van der Waals surface area contributed by atoms with Gasteiger partial charge in [0.2, 0.25) is 0 Å². The minimum atomic E-state index is -0.775. The molecule has 3 rings (SSSR count). The Bertz CT molecular complexity index is 718. The average Bonchev–Trinajstić information content (AvgIpc) is 2.63. The molecule has 1 aliphatic heterocycles. The summed E-state index contributed by atoms with van der Waals surface area (Å²) in [6, 6.07) is 9.34. The fraction of sp³-hybridized carbons (Fsp3) is 0.333. The van der Waals surface area contributed by atoms with E-state index in [9.17, 15) is 9.18 Å². The Morgan fingerprint density at radius 1 is 1.32 bits per heavy atom. The van der Waals surface area contributed by atoms with Gasteiger partial charge in [-0.1, -0.05) is 6.07 Å². The number of hydrogen-bond acceptors (Lipinski definition) is 5. The van der Waals surface area contributed by atoms with E-state index in [-0.39, 0.29) is 5.91 Å². The lowest BCUT2D eigenvalue weighted by atomic mass is 10.3. The lowest BCUT2D eigenvalue weighted by Gasteiger charge is -2.28. The highest BCUT2D eigenvalue weighted by atomic mass is 19.1. The van der Waals surface area contributed by atoms with Gasteiger partial charge in [-0.2, -0.15) is 0 Å². The lowest BCUT2D eigenvalue weighted by Crippen LogP contribution is -2.36. The predicted octanol–water partition coefficient (Wildman–Crippen LogP) is 2.46. The molecule has 25 heavy (non-hydrogen) atoms. The van der Waals surface area contributed by atoms with Crippen molar-refractivity contribution in [3.05, 3.63) is 48.4 Å². The molecule has 0 spiro atoms. The lowest BCUT2D eigenvalue weighted by molar-refractivity contribution is -0.122. The number of benzene rings is 1. The van der Waals surface area contributed by atoms with Crippen LogP contribution < -0.4 is 15.0 Å². The quantitative estimate of drug-likeness (QED) is 0.902. The number of carbonyl (C=O) groups excluding carboxylic acids is 1. The van der Waals surface area contributed by atoms with Crippen molar-refractivity contribution in [2.75, 3.05) is 36.5 Å². The second-order valence-electron chi connectivity index (χ2n) is 5.71. The molecule has 1 N–H and O–H groups in total. The highest BCUT2D eigenvalue weighted by Gasteiger charge is 2.16. The topological polar surface area (TPSA) is 63.7 Å². The molecule has 1 aliphatic rings. The number of amides is 1. The van der Waals surface area contributed by atoms with Gasteiger partial charge in [-0.25, -0.2) is 9.37 Å². The Hall–Kier alpha value is -2.67.